The molecule has 3 amide bonds. The number of carbonyl (C=O) groups excluding carboxylic acids is 2. The maximum atomic E-state index is 12.5. The van der Waals surface area contributed by atoms with Gasteiger partial charge in [0.1, 0.15) is 11.5 Å². The first-order valence-corrected chi connectivity index (χ1v) is 9.37. The lowest BCUT2D eigenvalue weighted by molar-refractivity contribution is -0.131. The Hall–Kier alpha value is -3.03. The number of nitrogens with zero attached hydrogens (tertiary/aromatic N) is 2. The fourth-order valence-electron chi connectivity index (χ4n) is 3.32. The molecule has 0 spiro atoms. The van der Waals surface area contributed by atoms with Gasteiger partial charge in [0.05, 0.1) is 19.3 Å². The average Bonchev–Trinajstić information content (AvgIpc) is 2.89. The first-order valence-electron chi connectivity index (χ1n) is 9.37. The summed E-state index contributed by atoms with van der Waals surface area (Å²) in [4.78, 5) is 26.6. The number of methoxy groups -OCH3 is 1. The Balaban J connectivity index is 1.55. The third kappa shape index (κ3) is 4.82. The third-order valence-electron chi connectivity index (χ3n) is 5.00. The zero-order valence-corrected chi connectivity index (χ0v) is 16.4. The molecule has 0 bridgehead atoms. The molecule has 1 aliphatic rings. The lowest BCUT2D eigenvalue weighted by Gasteiger charge is -2.21. The van der Waals surface area contributed by atoms with Crippen molar-refractivity contribution in [3.05, 3.63) is 41.3 Å². The average molecular weight is 386 g/mol. The van der Waals surface area contributed by atoms with Crippen LogP contribution in [0.4, 0.5) is 10.5 Å². The summed E-state index contributed by atoms with van der Waals surface area (Å²) in [5.74, 6) is 1.49. The van der Waals surface area contributed by atoms with Crippen LogP contribution in [0.25, 0.3) is 0 Å². The molecule has 1 aromatic carbocycles. The van der Waals surface area contributed by atoms with Crippen molar-refractivity contribution in [2.24, 2.45) is 0 Å². The molecule has 8 heteroatoms. The number of benzene rings is 1. The van der Waals surface area contributed by atoms with Crippen molar-refractivity contribution in [1.82, 2.24) is 15.4 Å². The highest BCUT2D eigenvalue weighted by atomic mass is 16.5. The van der Waals surface area contributed by atoms with Gasteiger partial charge in [0.25, 0.3) is 0 Å². The van der Waals surface area contributed by atoms with Crippen molar-refractivity contribution in [3.63, 3.8) is 0 Å². The van der Waals surface area contributed by atoms with Crippen LogP contribution in [-0.2, 0) is 11.3 Å². The molecular weight excluding hydrogens is 360 g/mol. The number of aryl methyl sites for hydroxylation is 2. The Morgan fingerprint density at radius 2 is 2.18 bits per heavy atom. The van der Waals surface area contributed by atoms with Crippen LogP contribution < -0.4 is 15.4 Å². The first-order chi connectivity index (χ1) is 13.5. The predicted octanol–water partition coefficient (Wildman–Crippen LogP) is 3.00. The monoisotopic (exact) mass is 386 g/mol. The molecule has 0 saturated carbocycles. The van der Waals surface area contributed by atoms with Gasteiger partial charge in [0, 0.05) is 36.3 Å². The van der Waals surface area contributed by atoms with E-state index in [1.807, 2.05) is 30.9 Å². The molecule has 1 fully saturated rings. The fraction of sp³-hybridized carbons (Fsp3) is 0.450. The standard InChI is InChI=1S/C20H26N4O4/c1-13-18(14(2)28-23-13)12-24-10-9-15(7-8-19(24)25)21-20(26)22-16-5-4-6-17(11-16)27-3/h4-6,11,15H,7-10,12H2,1-3H3,(H2,21,22,26). The Morgan fingerprint density at radius 1 is 1.36 bits per heavy atom. The second-order valence-corrected chi connectivity index (χ2v) is 6.97. The molecule has 2 heterocycles. The van der Waals surface area contributed by atoms with Crippen molar-refractivity contribution in [2.45, 2.75) is 45.7 Å². The highest BCUT2D eigenvalue weighted by Gasteiger charge is 2.25. The zero-order valence-electron chi connectivity index (χ0n) is 16.4. The van der Waals surface area contributed by atoms with Crippen molar-refractivity contribution in [2.75, 3.05) is 19.0 Å². The number of aromatic nitrogens is 1. The van der Waals surface area contributed by atoms with E-state index in [1.54, 1.807) is 19.2 Å². The van der Waals surface area contributed by atoms with Gasteiger partial charge in [0.15, 0.2) is 0 Å². The van der Waals surface area contributed by atoms with Gasteiger partial charge in [-0.05, 0) is 38.8 Å². The van der Waals surface area contributed by atoms with Gasteiger partial charge in [-0.2, -0.15) is 0 Å². The van der Waals surface area contributed by atoms with E-state index in [0.29, 0.717) is 43.8 Å². The van der Waals surface area contributed by atoms with Crippen LogP contribution in [0.3, 0.4) is 0 Å². The molecule has 1 unspecified atom stereocenters. The minimum atomic E-state index is -0.287. The second-order valence-electron chi connectivity index (χ2n) is 6.97. The summed E-state index contributed by atoms with van der Waals surface area (Å²) in [5, 5.41) is 9.73. The summed E-state index contributed by atoms with van der Waals surface area (Å²) in [6.45, 7) is 4.79. The van der Waals surface area contributed by atoms with Gasteiger partial charge in [0.2, 0.25) is 5.91 Å². The van der Waals surface area contributed by atoms with Crippen molar-refractivity contribution < 1.29 is 18.8 Å². The Morgan fingerprint density at radius 3 is 2.89 bits per heavy atom. The van der Waals surface area contributed by atoms with E-state index in [2.05, 4.69) is 15.8 Å². The van der Waals surface area contributed by atoms with Crippen LogP contribution in [0.5, 0.6) is 5.75 Å². The number of urea groups is 1. The van der Waals surface area contributed by atoms with Gasteiger partial charge in [-0.15, -0.1) is 0 Å². The van der Waals surface area contributed by atoms with Gasteiger partial charge in [-0.3, -0.25) is 4.79 Å². The van der Waals surface area contributed by atoms with Crippen LogP contribution in [0.1, 0.15) is 36.3 Å². The molecule has 3 rings (SSSR count). The summed E-state index contributed by atoms with van der Waals surface area (Å²) >= 11 is 0. The summed E-state index contributed by atoms with van der Waals surface area (Å²) < 4.78 is 10.3. The molecule has 150 valence electrons. The van der Waals surface area contributed by atoms with Crippen LogP contribution >= 0.6 is 0 Å². The molecule has 0 aliphatic carbocycles. The summed E-state index contributed by atoms with van der Waals surface area (Å²) in [5.41, 5.74) is 2.42. The lowest BCUT2D eigenvalue weighted by atomic mass is 10.1. The van der Waals surface area contributed by atoms with Crippen molar-refractivity contribution >= 4 is 17.6 Å². The lowest BCUT2D eigenvalue weighted by Crippen LogP contribution is -2.38. The zero-order chi connectivity index (χ0) is 20.1. The van der Waals surface area contributed by atoms with E-state index in [4.69, 9.17) is 9.26 Å². The summed E-state index contributed by atoms with van der Waals surface area (Å²) in [6, 6.07) is 6.82. The van der Waals surface area contributed by atoms with Crippen LogP contribution in [0.2, 0.25) is 0 Å². The molecule has 0 radical (unpaired) electrons. The number of ether oxygens (including phenoxy) is 1. The Kier molecular flexibility index (Phi) is 6.18. The largest absolute Gasteiger partial charge is 0.497 e. The highest BCUT2D eigenvalue weighted by Crippen LogP contribution is 2.20. The van der Waals surface area contributed by atoms with E-state index >= 15 is 0 Å². The number of amides is 3. The molecule has 28 heavy (non-hydrogen) atoms. The Bertz CT molecular complexity index is 829. The number of rotatable bonds is 5. The van der Waals surface area contributed by atoms with Crippen LogP contribution in [-0.4, -0.2) is 41.7 Å². The second kappa shape index (κ2) is 8.77. The molecule has 8 nitrogen and oxygen atoms in total. The van der Waals surface area contributed by atoms with Gasteiger partial charge < -0.3 is 24.8 Å². The minimum absolute atomic E-state index is 0.0655. The smallest absolute Gasteiger partial charge is 0.319 e. The maximum Gasteiger partial charge on any atom is 0.319 e. The van der Waals surface area contributed by atoms with E-state index in [9.17, 15) is 9.59 Å². The van der Waals surface area contributed by atoms with E-state index in [1.165, 1.54) is 0 Å². The molecule has 1 atom stereocenters. The fourth-order valence-corrected chi connectivity index (χ4v) is 3.32. The van der Waals surface area contributed by atoms with Crippen molar-refractivity contribution in [1.29, 1.82) is 0 Å². The molecule has 2 aromatic rings. The third-order valence-corrected chi connectivity index (χ3v) is 5.00. The normalized spacial score (nSPS) is 17.2. The maximum absolute atomic E-state index is 12.5. The van der Waals surface area contributed by atoms with E-state index in [-0.39, 0.29) is 18.0 Å². The highest BCUT2D eigenvalue weighted by molar-refractivity contribution is 5.89. The predicted molar refractivity (Wildman–Crippen MR) is 104 cm³/mol. The SMILES string of the molecule is COc1cccc(NC(=O)NC2CCC(=O)N(Cc3c(C)noc3C)CC2)c1. The Labute approximate surface area is 164 Å². The van der Waals surface area contributed by atoms with Gasteiger partial charge in [-0.25, -0.2) is 4.79 Å². The molecular formula is C20H26N4O4. The molecule has 1 aromatic heterocycles. The molecule has 1 saturated heterocycles. The quantitative estimate of drug-likeness (QED) is 0.823. The number of hydrogen-bond donors (Lipinski definition) is 2. The van der Waals surface area contributed by atoms with Crippen LogP contribution in [0.15, 0.2) is 28.8 Å². The molecule has 1 aliphatic heterocycles. The number of nitrogens with one attached hydrogen (secondary N) is 2. The number of carbonyl (C=O) groups is 2. The number of likely N-dealkylation sites (tertiary alicyclic amines) is 1. The topological polar surface area (TPSA) is 96.7 Å². The van der Waals surface area contributed by atoms with Crippen molar-refractivity contribution in [3.8, 4) is 5.75 Å². The number of hydrogen-bond acceptors (Lipinski definition) is 5. The summed E-state index contributed by atoms with van der Waals surface area (Å²) in [7, 11) is 1.58. The van der Waals surface area contributed by atoms with Crippen LogP contribution in [0, 0.1) is 13.8 Å². The van der Waals surface area contributed by atoms with E-state index < -0.39 is 0 Å². The van der Waals surface area contributed by atoms with Gasteiger partial charge >= 0.3 is 6.03 Å². The number of anilines is 1. The van der Waals surface area contributed by atoms with E-state index in [0.717, 1.165) is 17.0 Å². The van der Waals surface area contributed by atoms with Gasteiger partial charge in [-0.1, -0.05) is 11.2 Å². The first kappa shape index (κ1) is 19.7. The minimum Gasteiger partial charge on any atom is -0.497 e. The summed E-state index contributed by atoms with van der Waals surface area (Å²) in [6.07, 6.45) is 1.70. The molecule has 2 N–H and O–H groups in total.